The van der Waals surface area contributed by atoms with Gasteiger partial charge in [-0.05, 0) is 83.5 Å². The normalized spacial score (nSPS) is 12.9. The molecule has 0 heterocycles. The molecule has 0 rings (SSSR count). The Morgan fingerprint density at radius 3 is 1.20 bits per heavy atom. The third-order valence-electron chi connectivity index (χ3n) is 9.48. The van der Waals surface area contributed by atoms with Crippen LogP contribution in [0.4, 0.5) is 0 Å². The van der Waals surface area contributed by atoms with Gasteiger partial charge < -0.3 is 14.6 Å². The summed E-state index contributed by atoms with van der Waals surface area (Å²) in [6, 6.07) is 0. The lowest BCUT2D eigenvalue weighted by Crippen LogP contribution is -2.28. The minimum absolute atomic E-state index is 0.0798. The van der Waals surface area contributed by atoms with Crippen molar-refractivity contribution in [2.75, 3.05) is 13.2 Å². The van der Waals surface area contributed by atoms with Crippen LogP contribution in [0.15, 0.2) is 72.9 Å². The van der Waals surface area contributed by atoms with Crippen molar-refractivity contribution in [1.29, 1.82) is 0 Å². The monoisotopic (exact) mass is 753 g/mol. The molecule has 5 nitrogen and oxygen atoms in total. The molecule has 0 radical (unpaired) electrons. The quantitative estimate of drug-likeness (QED) is 0.0383. The first-order chi connectivity index (χ1) is 26.6. The predicted molar refractivity (Wildman–Crippen MR) is 233 cm³/mol. The second kappa shape index (κ2) is 44.7. The van der Waals surface area contributed by atoms with E-state index in [0.29, 0.717) is 12.8 Å². The Hall–Kier alpha value is -2.66. The molecule has 0 saturated heterocycles. The fraction of sp³-hybridized carbons (Fsp3) is 0.714. The largest absolute Gasteiger partial charge is 0.462 e. The molecule has 5 heteroatoms. The molecule has 0 aliphatic carbocycles. The Labute approximate surface area is 333 Å². The van der Waals surface area contributed by atoms with Crippen LogP contribution in [0.5, 0.6) is 0 Å². The minimum atomic E-state index is -0.788. The van der Waals surface area contributed by atoms with E-state index in [4.69, 9.17) is 9.47 Å². The summed E-state index contributed by atoms with van der Waals surface area (Å²) in [7, 11) is 0. The number of hydrogen-bond donors (Lipinski definition) is 1. The molecule has 310 valence electrons. The molecule has 0 aromatic carbocycles. The molecular formula is C49H84O5. The van der Waals surface area contributed by atoms with E-state index in [2.05, 4.69) is 86.8 Å². The number of hydrogen-bond acceptors (Lipinski definition) is 5. The van der Waals surface area contributed by atoms with E-state index in [1.807, 2.05) is 0 Å². The first kappa shape index (κ1) is 51.3. The van der Waals surface area contributed by atoms with Gasteiger partial charge in [-0.1, -0.05) is 183 Å². The predicted octanol–water partition coefficient (Wildman–Crippen LogP) is 14.5. The second-order valence-electron chi connectivity index (χ2n) is 14.7. The molecule has 1 N–H and O–H groups in total. The van der Waals surface area contributed by atoms with Crippen molar-refractivity contribution in [3.63, 3.8) is 0 Å². The molecule has 0 aromatic heterocycles. The molecule has 0 saturated carbocycles. The number of unbranched alkanes of at least 4 members (excludes halogenated alkanes) is 20. The van der Waals surface area contributed by atoms with Crippen molar-refractivity contribution in [1.82, 2.24) is 0 Å². The van der Waals surface area contributed by atoms with E-state index < -0.39 is 6.10 Å². The third kappa shape index (κ3) is 42.1. The summed E-state index contributed by atoms with van der Waals surface area (Å²) in [6.07, 6.45) is 59.7. The van der Waals surface area contributed by atoms with E-state index in [1.165, 1.54) is 96.3 Å². The first-order valence-corrected chi connectivity index (χ1v) is 22.5. The van der Waals surface area contributed by atoms with Crippen molar-refractivity contribution in [3.8, 4) is 0 Å². The van der Waals surface area contributed by atoms with Crippen LogP contribution < -0.4 is 0 Å². The van der Waals surface area contributed by atoms with E-state index in [1.54, 1.807) is 0 Å². The smallest absolute Gasteiger partial charge is 0.306 e. The van der Waals surface area contributed by atoms with Gasteiger partial charge in [0.25, 0.3) is 0 Å². The zero-order valence-corrected chi connectivity index (χ0v) is 35.2. The summed E-state index contributed by atoms with van der Waals surface area (Å²) >= 11 is 0. The lowest BCUT2D eigenvalue weighted by molar-refractivity contribution is -0.161. The van der Waals surface area contributed by atoms with Crippen molar-refractivity contribution >= 4 is 11.9 Å². The van der Waals surface area contributed by atoms with Gasteiger partial charge in [0.05, 0.1) is 6.61 Å². The highest BCUT2D eigenvalue weighted by atomic mass is 16.6. The Morgan fingerprint density at radius 1 is 0.444 bits per heavy atom. The van der Waals surface area contributed by atoms with E-state index in [0.717, 1.165) is 83.5 Å². The van der Waals surface area contributed by atoms with Gasteiger partial charge in [-0.25, -0.2) is 0 Å². The highest BCUT2D eigenvalue weighted by Crippen LogP contribution is 2.14. The van der Waals surface area contributed by atoms with Gasteiger partial charge in [0.1, 0.15) is 6.61 Å². The van der Waals surface area contributed by atoms with Gasteiger partial charge in [-0.15, -0.1) is 0 Å². The fourth-order valence-corrected chi connectivity index (χ4v) is 6.10. The SMILES string of the molecule is CC/C=C\C/C=C\C/C=C\C/C=C\CCCCCCC(=O)OC(CO)COC(=O)CCCCCCCCCCCCC/C=C\C/C=C\CCCCCCC. The van der Waals surface area contributed by atoms with Gasteiger partial charge in [-0.2, -0.15) is 0 Å². The Bertz CT molecular complexity index is 988. The van der Waals surface area contributed by atoms with Crippen LogP contribution in [0.25, 0.3) is 0 Å². The lowest BCUT2D eigenvalue weighted by Gasteiger charge is -2.15. The number of carbonyl (C=O) groups excluding carboxylic acids is 2. The van der Waals surface area contributed by atoms with E-state index in [-0.39, 0.29) is 25.2 Å². The van der Waals surface area contributed by atoms with Gasteiger partial charge in [0.2, 0.25) is 0 Å². The summed E-state index contributed by atoms with van der Waals surface area (Å²) in [5.74, 6) is -0.622. The van der Waals surface area contributed by atoms with Crippen LogP contribution in [-0.2, 0) is 19.1 Å². The molecule has 0 aromatic rings. The van der Waals surface area contributed by atoms with Crippen molar-refractivity contribution in [3.05, 3.63) is 72.9 Å². The zero-order valence-electron chi connectivity index (χ0n) is 35.2. The van der Waals surface area contributed by atoms with Crippen molar-refractivity contribution < 1.29 is 24.2 Å². The number of allylic oxidation sites excluding steroid dienone is 12. The maximum Gasteiger partial charge on any atom is 0.306 e. The molecule has 0 aliphatic heterocycles. The maximum atomic E-state index is 12.2. The molecule has 0 fully saturated rings. The topological polar surface area (TPSA) is 72.8 Å². The number of carbonyl (C=O) groups is 2. The number of aliphatic hydroxyl groups is 1. The molecule has 0 bridgehead atoms. The van der Waals surface area contributed by atoms with Crippen LogP contribution in [0.2, 0.25) is 0 Å². The summed E-state index contributed by atoms with van der Waals surface area (Å²) in [5, 5.41) is 9.59. The summed E-state index contributed by atoms with van der Waals surface area (Å²) < 4.78 is 10.6. The number of esters is 2. The first-order valence-electron chi connectivity index (χ1n) is 22.5. The number of rotatable bonds is 40. The molecule has 0 amide bonds. The van der Waals surface area contributed by atoms with Crippen LogP contribution in [-0.4, -0.2) is 36.4 Å². The fourth-order valence-electron chi connectivity index (χ4n) is 6.10. The van der Waals surface area contributed by atoms with E-state index >= 15 is 0 Å². The van der Waals surface area contributed by atoms with Gasteiger partial charge in [0.15, 0.2) is 6.10 Å². The maximum absolute atomic E-state index is 12.2. The summed E-state index contributed by atoms with van der Waals surface area (Å²) in [4.78, 5) is 24.3. The lowest BCUT2D eigenvalue weighted by atomic mass is 10.0. The van der Waals surface area contributed by atoms with Crippen LogP contribution in [0.1, 0.15) is 206 Å². The average molecular weight is 753 g/mol. The Balaban J connectivity index is 3.57. The standard InChI is InChI=1S/C49H84O5/c1-3-5-7-9-11-13-15-17-19-21-22-23-24-25-26-28-29-31-33-35-37-39-41-43-48(51)53-46-47(45-50)54-49(52)44-42-40-38-36-34-32-30-27-20-18-16-14-12-10-8-6-4-2/h6,8,12,14-15,17-18,20-22,30,32,47,50H,3-5,7,9-11,13,16,19,23-29,31,33-46H2,1-2H3/b8-6-,14-12-,17-15-,20-18-,22-21-,32-30-. The zero-order chi connectivity index (χ0) is 39.3. The number of aliphatic hydroxyl groups excluding tert-OH is 1. The highest BCUT2D eigenvalue weighted by Gasteiger charge is 2.16. The molecule has 1 unspecified atom stereocenters. The third-order valence-corrected chi connectivity index (χ3v) is 9.48. The second-order valence-corrected chi connectivity index (χ2v) is 14.7. The summed E-state index contributed by atoms with van der Waals surface area (Å²) in [5.41, 5.74) is 0. The van der Waals surface area contributed by atoms with Crippen LogP contribution >= 0.6 is 0 Å². The molecule has 0 aliphatic rings. The van der Waals surface area contributed by atoms with E-state index in [9.17, 15) is 14.7 Å². The molecular weight excluding hydrogens is 669 g/mol. The summed E-state index contributed by atoms with van der Waals surface area (Å²) in [6.45, 7) is 3.99. The van der Waals surface area contributed by atoms with Crippen molar-refractivity contribution in [2.24, 2.45) is 0 Å². The average Bonchev–Trinajstić information content (AvgIpc) is 3.17. The van der Waals surface area contributed by atoms with Crippen LogP contribution in [0, 0.1) is 0 Å². The highest BCUT2D eigenvalue weighted by molar-refractivity contribution is 5.70. The molecule has 0 spiro atoms. The number of ether oxygens (including phenoxy) is 2. The Morgan fingerprint density at radius 2 is 0.796 bits per heavy atom. The molecule has 54 heavy (non-hydrogen) atoms. The van der Waals surface area contributed by atoms with Gasteiger partial charge in [0, 0.05) is 12.8 Å². The van der Waals surface area contributed by atoms with Crippen LogP contribution in [0.3, 0.4) is 0 Å². The van der Waals surface area contributed by atoms with Gasteiger partial charge in [-0.3, -0.25) is 9.59 Å². The van der Waals surface area contributed by atoms with Crippen molar-refractivity contribution in [2.45, 2.75) is 213 Å². The van der Waals surface area contributed by atoms with Gasteiger partial charge >= 0.3 is 11.9 Å². The minimum Gasteiger partial charge on any atom is -0.462 e. The molecule has 1 atom stereocenters. The Kier molecular flexibility index (Phi) is 42.5.